The first-order valence-electron chi connectivity index (χ1n) is 5.75. The molecule has 5 nitrogen and oxygen atoms in total. The SMILES string of the molecule is COC(=O)c1ccc(C)c(NC(=O)C2(N)CC2)c1. The largest absolute Gasteiger partial charge is 0.465 e. The van der Waals surface area contributed by atoms with Gasteiger partial charge in [-0.2, -0.15) is 0 Å². The predicted molar refractivity (Wildman–Crippen MR) is 67.3 cm³/mol. The number of nitrogens with two attached hydrogens (primary N) is 1. The van der Waals surface area contributed by atoms with Crippen LogP contribution in [0.2, 0.25) is 0 Å². The van der Waals surface area contributed by atoms with E-state index in [1.54, 1.807) is 18.2 Å². The minimum absolute atomic E-state index is 0.201. The van der Waals surface area contributed by atoms with Crippen molar-refractivity contribution in [3.05, 3.63) is 29.3 Å². The lowest BCUT2D eigenvalue weighted by Crippen LogP contribution is -2.38. The van der Waals surface area contributed by atoms with Crippen molar-refractivity contribution in [1.29, 1.82) is 0 Å². The number of benzene rings is 1. The summed E-state index contributed by atoms with van der Waals surface area (Å²) in [6.45, 7) is 1.85. The molecular weight excluding hydrogens is 232 g/mol. The molecule has 1 aliphatic carbocycles. The van der Waals surface area contributed by atoms with Gasteiger partial charge in [-0.25, -0.2) is 4.79 Å². The Hall–Kier alpha value is -1.88. The standard InChI is InChI=1S/C13H16N2O3/c1-8-3-4-9(11(16)18-2)7-10(8)15-12(17)13(14)5-6-13/h3-4,7H,5-6,14H2,1-2H3,(H,15,17). The number of ether oxygens (including phenoxy) is 1. The van der Waals surface area contributed by atoms with E-state index in [0.717, 1.165) is 5.56 Å². The minimum Gasteiger partial charge on any atom is -0.465 e. The van der Waals surface area contributed by atoms with Gasteiger partial charge in [0.15, 0.2) is 0 Å². The van der Waals surface area contributed by atoms with Gasteiger partial charge in [0.1, 0.15) is 0 Å². The molecule has 0 radical (unpaired) electrons. The first-order valence-corrected chi connectivity index (χ1v) is 5.75. The Morgan fingerprint density at radius 2 is 2.06 bits per heavy atom. The van der Waals surface area contributed by atoms with Gasteiger partial charge in [-0.1, -0.05) is 6.07 Å². The number of hydrogen-bond acceptors (Lipinski definition) is 4. The van der Waals surface area contributed by atoms with Crippen molar-refractivity contribution in [2.75, 3.05) is 12.4 Å². The molecule has 0 aromatic heterocycles. The first kappa shape index (κ1) is 12.6. The molecule has 0 aliphatic heterocycles. The summed E-state index contributed by atoms with van der Waals surface area (Å²) in [5.41, 5.74) is 6.96. The van der Waals surface area contributed by atoms with Crippen molar-refractivity contribution < 1.29 is 14.3 Å². The second-order valence-corrected chi connectivity index (χ2v) is 4.63. The molecule has 2 rings (SSSR count). The number of carbonyl (C=O) groups excluding carboxylic acids is 2. The topological polar surface area (TPSA) is 81.4 Å². The molecule has 18 heavy (non-hydrogen) atoms. The lowest BCUT2D eigenvalue weighted by molar-refractivity contribution is -0.118. The van der Waals surface area contributed by atoms with Gasteiger partial charge < -0.3 is 15.8 Å². The zero-order valence-electron chi connectivity index (χ0n) is 10.4. The highest BCUT2D eigenvalue weighted by Crippen LogP contribution is 2.33. The van der Waals surface area contributed by atoms with Crippen molar-refractivity contribution in [2.45, 2.75) is 25.3 Å². The van der Waals surface area contributed by atoms with Crippen LogP contribution in [0, 0.1) is 6.92 Å². The Morgan fingerprint density at radius 1 is 1.39 bits per heavy atom. The Balaban J connectivity index is 2.21. The van der Waals surface area contributed by atoms with Crippen LogP contribution in [-0.4, -0.2) is 24.5 Å². The number of nitrogens with one attached hydrogen (secondary N) is 1. The van der Waals surface area contributed by atoms with Crippen LogP contribution in [0.5, 0.6) is 0 Å². The number of anilines is 1. The molecule has 1 fully saturated rings. The third-order valence-electron chi connectivity index (χ3n) is 3.15. The summed E-state index contributed by atoms with van der Waals surface area (Å²) in [5, 5.41) is 2.76. The van der Waals surface area contributed by atoms with Crippen LogP contribution in [0.25, 0.3) is 0 Å². The van der Waals surface area contributed by atoms with Gasteiger partial charge in [-0.3, -0.25) is 4.79 Å². The molecule has 1 aromatic carbocycles. The maximum absolute atomic E-state index is 11.8. The minimum atomic E-state index is -0.728. The van der Waals surface area contributed by atoms with E-state index in [1.165, 1.54) is 7.11 Å². The molecule has 0 spiro atoms. The zero-order valence-corrected chi connectivity index (χ0v) is 10.4. The van der Waals surface area contributed by atoms with E-state index < -0.39 is 11.5 Å². The Labute approximate surface area is 105 Å². The summed E-state index contributed by atoms with van der Waals surface area (Å²) in [6, 6.07) is 5.02. The van der Waals surface area contributed by atoms with Gasteiger partial charge in [0.05, 0.1) is 18.2 Å². The molecule has 0 heterocycles. The van der Waals surface area contributed by atoms with E-state index >= 15 is 0 Å². The third-order valence-corrected chi connectivity index (χ3v) is 3.15. The monoisotopic (exact) mass is 248 g/mol. The van der Waals surface area contributed by atoms with Gasteiger partial charge >= 0.3 is 5.97 Å². The van der Waals surface area contributed by atoms with Crippen molar-refractivity contribution in [3.63, 3.8) is 0 Å². The van der Waals surface area contributed by atoms with E-state index in [1.807, 2.05) is 6.92 Å². The van der Waals surface area contributed by atoms with Crippen molar-refractivity contribution in [1.82, 2.24) is 0 Å². The molecule has 1 aromatic rings. The summed E-state index contributed by atoms with van der Waals surface area (Å²) in [6.07, 6.45) is 1.41. The molecule has 0 unspecified atom stereocenters. The van der Waals surface area contributed by atoms with Crippen molar-refractivity contribution in [3.8, 4) is 0 Å². The Morgan fingerprint density at radius 3 is 2.61 bits per heavy atom. The fourth-order valence-corrected chi connectivity index (χ4v) is 1.61. The molecule has 96 valence electrons. The lowest BCUT2D eigenvalue weighted by Gasteiger charge is -2.13. The Kier molecular flexibility index (Phi) is 3.09. The van der Waals surface area contributed by atoms with Gasteiger partial charge in [0.25, 0.3) is 0 Å². The number of amides is 1. The summed E-state index contributed by atoms with van der Waals surface area (Å²) in [7, 11) is 1.32. The van der Waals surface area contributed by atoms with Crippen LogP contribution < -0.4 is 11.1 Å². The molecule has 3 N–H and O–H groups in total. The number of aryl methyl sites for hydroxylation is 1. The van der Waals surface area contributed by atoms with Gasteiger partial charge in [0, 0.05) is 5.69 Å². The van der Waals surface area contributed by atoms with E-state index in [4.69, 9.17) is 5.73 Å². The highest BCUT2D eigenvalue weighted by Gasteiger charge is 2.46. The summed E-state index contributed by atoms with van der Waals surface area (Å²) < 4.78 is 4.64. The van der Waals surface area contributed by atoms with E-state index in [0.29, 0.717) is 24.1 Å². The summed E-state index contributed by atoms with van der Waals surface area (Å²) in [4.78, 5) is 23.3. The highest BCUT2D eigenvalue weighted by atomic mass is 16.5. The maximum atomic E-state index is 11.8. The van der Waals surface area contributed by atoms with Crippen LogP contribution in [0.15, 0.2) is 18.2 Å². The number of esters is 1. The van der Waals surface area contributed by atoms with Crippen LogP contribution in [0.4, 0.5) is 5.69 Å². The predicted octanol–water partition coefficient (Wildman–Crippen LogP) is 1.21. The number of carbonyl (C=O) groups is 2. The van der Waals surface area contributed by atoms with Crippen molar-refractivity contribution >= 4 is 17.6 Å². The Bertz CT molecular complexity index is 507. The van der Waals surface area contributed by atoms with Gasteiger partial charge in [-0.15, -0.1) is 0 Å². The molecule has 1 saturated carbocycles. The highest BCUT2D eigenvalue weighted by molar-refractivity contribution is 6.01. The molecule has 0 bridgehead atoms. The fourth-order valence-electron chi connectivity index (χ4n) is 1.61. The molecule has 1 aliphatic rings. The number of rotatable bonds is 3. The van der Waals surface area contributed by atoms with Crippen LogP contribution >= 0.6 is 0 Å². The second kappa shape index (κ2) is 4.42. The van der Waals surface area contributed by atoms with Crippen molar-refractivity contribution in [2.24, 2.45) is 5.73 Å². The van der Waals surface area contributed by atoms with Crippen LogP contribution in [0.1, 0.15) is 28.8 Å². The fraction of sp³-hybridized carbons (Fsp3) is 0.385. The van der Waals surface area contributed by atoms with Crippen LogP contribution in [0.3, 0.4) is 0 Å². The molecule has 0 atom stereocenters. The average molecular weight is 248 g/mol. The van der Waals surface area contributed by atoms with Crippen LogP contribution in [-0.2, 0) is 9.53 Å². The first-order chi connectivity index (χ1) is 8.46. The van der Waals surface area contributed by atoms with Gasteiger partial charge in [0.2, 0.25) is 5.91 Å². The third kappa shape index (κ3) is 2.36. The quantitative estimate of drug-likeness (QED) is 0.788. The van der Waals surface area contributed by atoms with Gasteiger partial charge in [-0.05, 0) is 37.5 Å². The summed E-state index contributed by atoms with van der Waals surface area (Å²) >= 11 is 0. The zero-order chi connectivity index (χ0) is 13.3. The molecule has 5 heteroatoms. The lowest BCUT2D eigenvalue weighted by atomic mass is 10.1. The van der Waals surface area contributed by atoms with E-state index in [-0.39, 0.29) is 5.91 Å². The molecular formula is C13H16N2O3. The van der Waals surface area contributed by atoms with E-state index in [9.17, 15) is 9.59 Å². The summed E-state index contributed by atoms with van der Waals surface area (Å²) in [5.74, 6) is -0.632. The number of hydrogen-bond donors (Lipinski definition) is 2. The van der Waals surface area contributed by atoms with E-state index in [2.05, 4.69) is 10.1 Å². The second-order valence-electron chi connectivity index (χ2n) is 4.63. The normalized spacial score (nSPS) is 15.9. The average Bonchev–Trinajstić information content (AvgIpc) is 3.10. The molecule has 1 amide bonds. The molecule has 0 saturated heterocycles. The maximum Gasteiger partial charge on any atom is 0.337 e. The number of methoxy groups -OCH3 is 1. The smallest absolute Gasteiger partial charge is 0.337 e.